The largest absolute Gasteiger partial charge is 1.00 e. The van der Waals surface area contributed by atoms with Crippen LogP contribution in [0.15, 0.2) is 0 Å². The maximum absolute atomic E-state index is 8.23. The van der Waals surface area contributed by atoms with E-state index in [9.17, 15) is 0 Å². The molecule has 0 saturated heterocycles. The Morgan fingerprint density at radius 1 is 1.62 bits per heavy atom. The molecule has 0 heterocycles. The van der Waals surface area contributed by atoms with Gasteiger partial charge in [-0.3, -0.25) is 0 Å². The Labute approximate surface area is 73.2 Å². The molecule has 4 heteroatoms. The zero-order chi connectivity index (χ0) is 5.70. The summed E-state index contributed by atoms with van der Waals surface area (Å²) in [5, 5.41) is 8.23. The van der Waals surface area contributed by atoms with E-state index in [0.717, 1.165) is 0 Å². The van der Waals surface area contributed by atoms with E-state index in [1.165, 1.54) is 0 Å². The van der Waals surface area contributed by atoms with Crippen molar-refractivity contribution in [2.45, 2.75) is 12.5 Å². The van der Waals surface area contributed by atoms with Crippen molar-refractivity contribution in [2.75, 3.05) is 13.2 Å². The molecule has 0 bridgehead atoms. The molecule has 1 atom stereocenters. The maximum Gasteiger partial charge on any atom is 1.00 e. The summed E-state index contributed by atoms with van der Waals surface area (Å²) in [6.07, 6.45) is 0.608. The van der Waals surface area contributed by atoms with Gasteiger partial charge in [-0.25, -0.2) is 0 Å². The molecule has 0 radical (unpaired) electrons. The molecule has 8 heavy (non-hydrogen) atoms. The minimum absolute atomic E-state index is 0. The van der Waals surface area contributed by atoms with Gasteiger partial charge in [-0.2, -0.15) is 0 Å². The third-order valence-corrected chi connectivity index (χ3v) is 0.803. The smallest absolute Gasteiger partial charge is 1.00 e. The monoisotopic (exact) mass is 128 g/mol. The maximum atomic E-state index is 8.23. The van der Waals surface area contributed by atoms with Gasteiger partial charge >= 0.3 is 29.6 Å². The second-order valence-electron chi connectivity index (χ2n) is 1.51. The molecule has 0 amide bonds. The van der Waals surface area contributed by atoms with Gasteiger partial charge in [0.25, 0.3) is 0 Å². The van der Waals surface area contributed by atoms with Crippen molar-refractivity contribution in [3.8, 4) is 0 Å². The minimum Gasteiger partial charge on any atom is -1.00 e. The predicted octanol–water partition coefficient (Wildman–Crippen LogP) is -4.23. The van der Waals surface area contributed by atoms with Gasteiger partial charge in [0, 0.05) is 19.2 Å². The van der Waals surface area contributed by atoms with Crippen LogP contribution in [-0.2, 0) is 0 Å². The molecule has 0 aliphatic rings. The third-order valence-electron chi connectivity index (χ3n) is 0.803. The van der Waals surface area contributed by atoms with E-state index in [2.05, 4.69) is 0 Å². The molecule has 0 saturated carbocycles. The average molecular weight is 128 g/mol. The minimum atomic E-state index is -0.0231. The van der Waals surface area contributed by atoms with Crippen molar-refractivity contribution < 1.29 is 36.1 Å². The van der Waals surface area contributed by atoms with Crippen molar-refractivity contribution >= 4 is 0 Å². The van der Waals surface area contributed by atoms with Crippen LogP contribution in [-0.4, -0.2) is 24.3 Å². The second-order valence-corrected chi connectivity index (χ2v) is 1.51. The Bertz CT molecular complexity index is 49.5. The first-order valence-electron chi connectivity index (χ1n) is 2.37. The van der Waals surface area contributed by atoms with Gasteiger partial charge < -0.3 is 18.0 Å². The fourth-order valence-corrected chi connectivity index (χ4v) is 0.284. The van der Waals surface area contributed by atoms with Gasteiger partial charge in [0.2, 0.25) is 0 Å². The fourth-order valence-electron chi connectivity index (χ4n) is 0.284. The molecule has 5 N–H and O–H groups in total. The molecule has 1 unspecified atom stereocenters. The Morgan fingerprint density at radius 2 is 2.12 bits per heavy atom. The molecule has 0 aromatic rings. The van der Waals surface area contributed by atoms with E-state index >= 15 is 0 Å². The number of nitrogens with two attached hydrogens (primary N) is 2. The van der Waals surface area contributed by atoms with Crippen LogP contribution in [0.3, 0.4) is 0 Å². The van der Waals surface area contributed by atoms with Gasteiger partial charge in [0.15, 0.2) is 0 Å². The fraction of sp³-hybridized carbons (Fsp3) is 1.00. The molecule has 0 aliphatic heterocycles. The zero-order valence-corrected chi connectivity index (χ0v) is 7.30. The summed E-state index contributed by atoms with van der Waals surface area (Å²) in [6.45, 7) is 0.596. The summed E-state index contributed by atoms with van der Waals surface area (Å²) < 4.78 is 0. The van der Waals surface area contributed by atoms with Crippen LogP contribution in [0.25, 0.3) is 0 Å². The molecule has 0 aromatic carbocycles. The summed E-state index contributed by atoms with van der Waals surface area (Å²) in [4.78, 5) is 0. The summed E-state index contributed by atoms with van der Waals surface area (Å²) >= 11 is 0. The van der Waals surface area contributed by atoms with Crippen molar-refractivity contribution in [1.29, 1.82) is 0 Å². The first kappa shape index (κ1) is 11.6. The molecular formula is C4H13N2NaO. The number of rotatable bonds is 3. The van der Waals surface area contributed by atoms with Crippen molar-refractivity contribution in [3.05, 3.63) is 0 Å². The molecule has 0 aromatic heterocycles. The van der Waals surface area contributed by atoms with E-state index in [4.69, 9.17) is 16.6 Å². The van der Waals surface area contributed by atoms with Crippen molar-refractivity contribution in [3.63, 3.8) is 0 Å². The first-order valence-corrected chi connectivity index (χ1v) is 2.37. The van der Waals surface area contributed by atoms with Gasteiger partial charge in [-0.15, -0.1) is 0 Å². The van der Waals surface area contributed by atoms with Crippen LogP contribution >= 0.6 is 0 Å². The summed E-state index contributed by atoms with van der Waals surface area (Å²) in [6, 6.07) is -0.0231. The van der Waals surface area contributed by atoms with E-state index in [0.29, 0.717) is 13.0 Å². The Hall–Kier alpha value is 0.880. The SMILES string of the molecule is NCC(N)CCO.[H-].[Na+]. The Kier molecular flexibility index (Phi) is 11.5. The molecule has 0 rings (SSSR count). The van der Waals surface area contributed by atoms with Gasteiger partial charge in [-0.05, 0) is 6.42 Å². The first-order chi connectivity index (χ1) is 3.31. The van der Waals surface area contributed by atoms with Gasteiger partial charge in [-0.1, -0.05) is 0 Å². The van der Waals surface area contributed by atoms with Crippen molar-refractivity contribution in [1.82, 2.24) is 0 Å². The second kappa shape index (κ2) is 7.88. The Morgan fingerprint density at radius 3 is 2.25 bits per heavy atom. The standard InChI is InChI=1S/C4H12N2O.Na.H/c5-3-4(6)1-2-7;;/h4,7H,1-3,5-6H2;;/q;+1;-1. The molecule has 3 nitrogen and oxygen atoms in total. The third kappa shape index (κ3) is 6.88. The van der Waals surface area contributed by atoms with E-state index < -0.39 is 0 Å². The molecule has 46 valence electrons. The van der Waals surface area contributed by atoms with Crippen LogP contribution in [0, 0.1) is 0 Å². The number of aliphatic hydroxyl groups is 1. The van der Waals surface area contributed by atoms with E-state index in [1.807, 2.05) is 0 Å². The van der Waals surface area contributed by atoms with Crippen LogP contribution in [0.1, 0.15) is 7.85 Å². The van der Waals surface area contributed by atoms with Gasteiger partial charge in [0.05, 0.1) is 0 Å². The van der Waals surface area contributed by atoms with E-state index in [1.54, 1.807) is 0 Å². The van der Waals surface area contributed by atoms with Crippen molar-refractivity contribution in [2.24, 2.45) is 11.5 Å². The van der Waals surface area contributed by atoms with Crippen LogP contribution in [0.2, 0.25) is 0 Å². The Balaban J connectivity index is -0.000000180. The summed E-state index contributed by atoms with van der Waals surface area (Å²) in [5.74, 6) is 0. The molecular weight excluding hydrogens is 115 g/mol. The van der Waals surface area contributed by atoms with E-state index in [-0.39, 0.29) is 43.6 Å². The quantitative estimate of drug-likeness (QED) is 0.337. The number of hydrogen-bond donors (Lipinski definition) is 3. The summed E-state index contributed by atoms with van der Waals surface area (Å²) in [5.41, 5.74) is 10.4. The topological polar surface area (TPSA) is 72.3 Å². The zero-order valence-electron chi connectivity index (χ0n) is 6.30. The summed E-state index contributed by atoms with van der Waals surface area (Å²) in [7, 11) is 0. The predicted molar refractivity (Wildman–Crippen MR) is 29.8 cm³/mol. The number of aliphatic hydroxyl groups excluding tert-OH is 1. The molecule has 0 spiro atoms. The number of hydrogen-bond acceptors (Lipinski definition) is 3. The normalized spacial score (nSPS) is 12.4. The van der Waals surface area contributed by atoms with Gasteiger partial charge in [0.1, 0.15) is 0 Å². The molecule has 0 aliphatic carbocycles. The van der Waals surface area contributed by atoms with Crippen LogP contribution in [0.4, 0.5) is 0 Å². The average Bonchev–Trinajstić information content (AvgIpc) is 1.68. The van der Waals surface area contributed by atoms with Crippen LogP contribution < -0.4 is 41.0 Å². The molecule has 0 fully saturated rings. The van der Waals surface area contributed by atoms with Crippen LogP contribution in [0.5, 0.6) is 0 Å².